The number of hydrogen-bond donors (Lipinski definition) is 1. The van der Waals surface area contributed by atoms with Gasteiger partial charge >= 0.3 is 5.88 Å². The first-order valence-electron chi connectivity index (χ1n) is 8.33. The van der Waals surface area contributed by atoms with Crippen LogP contribution in [-0.2, 0) is 0 Å². The van der Waals surface area contributed by atoms with Gasteiger partial charge in [-0.15, -0.1) is 0 Å². The van der Waals surface area contributed by atoms with Gasteiger partial charge < -0.3 is 10.2 Å². The molecular formula is C20H14N4O4. The molecule has 0 saturated heterocycles. The lowest BCUT2D eigenvalue weighted by molar-refractivity contribution is -0.401. The zero-order valence-electron chi connectivity index (χ0n) is 14.5. The number of carbonyl (C=O) groups excluding carboxylic acids is 1. The van der Waals surface area contributed by atoms with E-state index in [4.69, 9.17) is 10.2 Å². The van der Waals surface area contributed by atoms with Gasteiger partial charge in [0.2, 0.25) is 0 Å². The Kier molecular flexibility index (Phi) is 4.21. The van der Waals surface area contributed by atoms with Gasteiger partial charge in [-0.3, -0.25) is 14.9 Å². The third kappa shape index (κ3) is 3.03. The number of nitro groups is 1. The van der Waals surface area contributed by atoms with E-state index in [1.807, 2.05) is 54.6 Å². The molecule has 0 aliphatic heterocycles. The van der Waals surface area contributed by atoms with Crippen LogP contribution < -0.4 is 5.73 Å². The molecule has 0 saturated carbocycles. The van der Waals surface area contributed by atoms with Gasteiger partial charge in [-0.05, 0) is 17.7 Å². The van der Waals surface area contributed by atoms with Crippen molar-refractivity contribution in [1.29, 1.82) is 0 Å². The largest absolute Gasteiger partial charge is 0.433 e. The topological polar surface area (TPSA) is 117 Å². The highest BCUT2D eigenvalue weighted by molar-refractivity contribution is 5.98. The molecule has 0 spiro atoms. The summed E-state index contributed by atoms with van der Waals surface area (Å²) in [6.45, 7) is 0. The molecule has 0 bridgehead atoms. The molecule has 2 aromatic heterocycles. The van der Waals surface area contributed by atoms with E-state index in [0.717, 1.165) is 16.8 Å². The monoisotopic (exact) mass is 374 g/mol. The van der Waals surface area contributed by atoms with Crippen molar-refractivity contribution in [2.75, 3.05) is 0 Å². The van der Waals surface area contributed by atoms with E-state index in [-0.39, 0.29) is 17.0 Å². The van der Waals surface area contributed by atoms with Gasteiger partial charge in [0.05, 0.1) is 17.3 Å². The summed E-state index contributed by atoms with van der Waals surface area (Å²) in [5.74, 6) is -1.06. The van der Waals surface area contributed by atoms with Crippen molar-refractivity contribution in [3.8, 4) is 28.3 Å². The third-order valence-corrected chi connectivity index (χ3v) is 4.22. The molecule has 28 heavy (non-hydrogen) atoms. The van der Waals surface area contributed by atoms with Crippen LogP contribution in [0.2, 0.25) is 0 Å². The van der Waals surface area contributed by atoms with E-state index in [9.17, 15) is 14.9 Å². The summed E-state index contributed by atoms with van der Waals surface area (Å²) < 4.78 is 6.72. The normalized spacial score (nSPS) is 10.7. The van der Waals surface area contributed by atoms with Crippen LogP contribution >= 0.6 is 0 Å². The number of hydrogen-bond acceptors (Lipinski definition) is 5. The SMILES string of the molecule is NC(=O)c1cn(-c2ccccc2-c2ccccc2)nc1-c1ccc([N+](=O)[O-])o1. The van der Waals surface area contributed by atoms with Crippen molar-refractivity contribution in [3.63, 3.8) is 0 Å². The molecule has 4 aromatic rings. The van der Waals surface area contributed by atoms with Crippen LogP contribution in [0, 0.1) is 10.1 Å². The molecule has 8 nitrogen and oxygen atoms in total. The number of rotatable bonds is 5. The molecule has 2 heterocycles. The van der Waals surface area contributed by atoms with Gasteiger partial charge in [-0.25, -0.2) is 4.68 Å². The lowest BCUT2D eigenvalue weighted by Crippen LogP contribution is -2.11. The van der Waals surface area contributed by atoms with Gasteiger partial charge in [-0.1, -0.05) is 48.5 Å². The summed E-state index contributed by atoms with van der Waals surface area (Å²) in [4.78, 5) is 22.2. The van der Waals surface area contributed by atoms with Crippen LogP contribution in [0.5, 0.6) is 0 Å². The van der Waals surface area contributed by atoms with E-state index in [0.29, 0.717) is 0 Å². The number of para-hydroxylation sites is 1. The second-order valence-corrected chi connectivity index (χ2v) is 5.98. The number of primary amides is 1. The summed E-state index contributed by atoms with van der Waals surface area (Å²) in [6, 6.07) is 19.9. The number of carbonyl (C=O) groups is 1. The summed E-state index contributed by atoms with van der Waals surface area (Å²) in [7, 11) is 0. The van der Waals surface area contributed by atoms with E-state index in [1.54, 1.807) is 0 Å². The maximum atomic E-state index is 11.9. The Morgan fingerprint density at radius 2 is 1.75 bits per heavy atom. The average Bonchev–Trinajstić information content (AvgIpc) is 3.36. The van der Waals surface area contributed by atoms with Gasteiger partial charge in [0, 0.05) is 11.8 Å². The predicted octanol–water partition coefficient (Wildman–Crippen LogP) is 3.81. The molecule has 0 aliphatic rings. The first-order valence-corrected chi connectivity index (χ1v) is 8.33. The number of aromatic nitrogens is 2. The molecule has 0 aliphatic carbocycles. The fourth-order valence-corrected chi connectivity index (χ4v) is 2.95. The minimum absolute atomic E-state index is 0.0939. The molecule has 0 atom stereocenters. The molecule has 2 N–H and O–H groups in total. The predicted molar refractivity (Wildman–Crippen MR) is 102 cm³/mol. The van der Waals surface area contributed by atoms with E-state index >= 15 is 0 Å². The Hall–Kier alpha value is -4.20. The van der Waals surface area contributed by atoms with E-state index in [2.05, 4.69) is 5.10 Å². The van der Waals surface area contributed by atoms with Crippen molar-refractivity contribution < 1.29 is 14.1 Å². The molecule has 8 heteroatoms. The number of amides is 1. The first kappa shape index (κ1) is 17.2. The second-order valence-electron chi connectivity index (χ2n) is 5.98. The molecule has 0 radical (unpaired) electrons. The summed E-state index contributed by atoms with van der Waals surface area (Å²) >= 11 is 0. The molecular weight excluding hydrogens is 360 g/mol. The van der Waals surface area contributed by atoms with Crippen LogP contribution in [-0.4, -0.2) is 20.6 Å². The van der Waals surface area contributed by atoms with Crippen molar-refractivity contribution in [2.24, 2.45) is 5.73 Å². The lowest BCUT2D eigenvalue weighted by atomic mass is 10.0. The second kappa shape index (κ2) is 6.84. The zero-order chi connectivity index (χ0) is 19.7. The Labute approximate surface area is 159 Å². The van der Waals surface area contributed by atoms with Crippen LogP contribution in [0.4, 0.5) is 5.88 Å². The molecule has 0 unspecified atom stereocenters. The fourth-order valence-electron chi connectivity index (χ4n) is 2.95. The van der Waals surface area contributed by atoms with Gasteiger partial charge in [0.25, 0.3) is 5.91 Å². The summed E-state index contributed by atoms with van der Waals surface area (Å²) in [5, 5.41) is 15.3. The average molecular weight is 374 g/mol. The quantitative estimate of drug-likeness (QED) is 0.421. The van der Waals surface area contributed by atoms with Crippen LogP contribution in [0.15, 0.2) is 77.3 Å². The highest BCUT2D eigenvalue weighted by Crippen LogP contribution is 2.31. The van der Waals surface area contributed by atoms with Crippen LogP contribution in [0.1, 0.15) is 10.4 Å². The van der Waals surface area contributed by atoms with Crippen LogP contribution in [0.25, 0.3) is 28.3 Å². The Bertz CT molecular complexity index is 1180. The van der Waals surface area contributed by atoms with Crippen molar-refractivity contribution in [2.45, 2.75) is 0 Å². The molecule has 2 aromatic carbocycles. The van der Waals surface area contributed by atoms with Gasteiger partial charge in [-0.2, -0.15) is 5.10 Å². The minimum atomic E-state index is -0.711. The maximum Gasteiger partial charge on any atom is 0.433 e. The third-order valence-electron chi connectivity index (χ3n) is 4.22. The lowest BCUT2D eigenvalue weighted by Gasteiger charge is -2.09. The molecule has 1 amide bonds. The highest BCUT2D eigenvalue weighted by Gasteiger charge is 2.22. The van der Waals surface area contributed by atoms with Gasteiger partial charge in [0.1, 0.15) is 10.6 Å². The van der Waals surface area contributed by atoms with Crippen molar-refractivity contribution in [1.82, 2.24) is 9.78 Å². The summed E-state index contributed by atoms with van der Waals surface area (Å²) in [6.07, 6.45) is 1.49. The summed E-state index contributed by atoms with van der Waals surface area (Å²) in [5.41, 5.74) is 8.34. The van der Waals surface area contributed by atoms with Crippen LogP contribution in [0.3, 0.4) is 0 Å². The van der Waals surface area contributed by atoms with E-state index < -0.39 is 16.7 Å². The fraction of sp³-hybridized carbons (Fsp3) is 0. The smallest absolute Gasteiger partial charge is 0.399 e. The number of benzene rings is 2. The Morgan fingerprint density at radius 3 is 2.43 bits per heavy atom. The number of nitrogens with zero attached hydrogens (tertiary/aromatic N) is 3. The first-order chi connectivity index (χ1) is 13.5. The number of nitrogens with two attached hydrogens (primary N) is 1. The van der Waals surface area contributed by atoms with Crippen molar-refractivity contribution >= 4 is 11.8 Å². The number of furan rings is 1. The van der Waals surface area contributed by atoms with Gasteiger partial charge in [0.15, 0.2) is 5.76 Å². The Balaban J connectivity index is 1.87. The molecule has 0 fully saturated rings. The minimum Gasteiger partial charge on any atom is -0.399 e. The molecule has 4 rings (SSSR count). The van der Waals surface area contributed by atoms with E-state index in [1.165, 1.54) is 23.0 Å². The van der Waals surface area contributed by atoms with Crippen molar-refractivity contribution in [3.05, 3.63) is 88.6 Å². The highest BCUT2D eigenvalue weighted by atomic mass is 16.6. The standard InChI is InChI=1S/C20H14N4O4/c21-20(25)15-12-23(22-19(15)17-10-11-18(28-17)24(26)27)16-9-5-4-8-14(16)13-6-2-1-3-7-13/h1-12H,(H2,21,25). The maximum absolute atomic E-state index is 11.9. The Morgan fingerprint density at radius 1 is 1.04 bits per heavy atom. The zero-order valence-corrected chi connectivity index (χ0v) is 14.5. The molecule has 138 valence electrons.